The highest BCUT2D eigenvalue weighted by atomic mass is 32.1. The molecule has 2 amide bonds. The maximum atomic E-state index is 12.8. The summed E-state index contributed by atoms with van der Waals surface area (Å²) in [6.45, 7) is 0. The fraction of sp³-hybridized carbons (Fsp3) is 0.353. The van der Waals surface area contributed by atoms with E-state index in [-0.39, 0.29) is 22.8 Å². The summed E-state index contributed by atoms with van der Waals surface area (Å²) in [5.41, 5.74) is 5.75. The highest BCUT2D eigenvalue weighted by Crippen LogP contribution is 2.23. The van der Waals surface area contributed by atoms with E-state index in [9.17, 15) is 14.0 Å². The molecule has 0 aliphatic heterocycles. The van der Waals surface area contributed by atoms with Crippen LogP contribution in [0.4, 0.5) is 4.39 Å². The number of thiocarbonyl (C=S) groups is 1. The van der Waals surface area contributed by atoms with Crippen LogP contribution >= 0.6 is 12.2 Å². The molecule has 0 atom stereocenters. The van der Waals surface area contributed by atoms with Crippen molar-refractivity contribution in [3.63, 3.8) is 0 Å². The molecule has 128 valence electrons. The van der Waals surface area contributed by atoms with Crippen molar-refractivity contribution in [1.82, 2.24) is 16.2 Å². The normalized spacial score (nSPS) is 15.0. The van der Waals surface area contributed by atoms with Gasteiger partial charge in [-0.15, -0.1) is 0 Å². The molecule has 0 unspecified atom stereocenters. The Morgan fingerprint density at radius 1 is 1.08 bits per heavy atom. The van der Waals surface area contributed by atoms with Gasteiger partial charge in [-0.05, 0) is 48.8 Å². The van der Waals surface area contributed by atoms with E-state index in [1.165, 1.54) is 30.7 Å². The van der Waals surface area contributed by atoms with E-state index in [0.717, 1.165) is 25.7 Å². The monoisotopic (exact) mass is 349 g/mol. The first-order chi connectivity index (χ1) is 11.5. The minimum Gasteiger partial charge on any atom is -0.298 e. The first-order valence-corrected chi connectivity index (χ1v) is 8.30. The summed E-state index contributed by atoms with van der Waals surface area (Å²) < 4.78 is 12.8. The van der Waals surface area contributed by atoms with Crippen molar-refractivity contribution >= 4 is 35.2 Å². The van der Waals surface area contributed by atoms with Gasteiger partial charge >= 0.3 is 0 Å². The van der Waals surface area contributed by atoms with Crippen molar-refractivity contribution in [3.8, 4) is 0 Å². The highest BCUT2D eigenvalue weighted by Gasteiger charge is 2.20. The van der Waals surface area contributed by atoms with Crippen LogP contribution in [0, 0.1) is 11.7 Å². The fourth-order valence-corrected chi connectivity index (χ4v) is 2.67. The molecule has 0 aromatic heterocycles. The first kappa shape index (κ1) is 18.1. The molecule has 0 heterocycles. The zero-order valence-electron chi connectivity index (χ0n) is 13.2. The Labute approximate surface area is 145 Å². The molecule has 1 aromatic carbocycles. The summed E-state index contributed by atoms with van der Waals surface area (Å²) >= 11 is 4.96. The second-order valence-corrected chi connectivity index (χ2v) is 6.06. The lowest BCUT2D eigenvalue weighted by Gasteiger charge is -2.21. The van der Waals surface area contributed by atoms with Crippen LogP contribution in [0.15, 0.2) is 30.3 Å². The lowest BCUT2D eigenvalue weighted by Crippen LogP contribution is -2.50. The lowest BCUT2D eigenvalue weighted by atomic mass is 9.89. The van der Waals surface area contributed by atoms with Gasteiger partial charge in [0.25, 0.3) is 0 Å². The topological polar surface area (TPSA) is 70.2 Å². The van der Waals surface area contributed by atoms with Crippen LogP contribution in [0.2, 0.25) is 0 Å². The Hall–Kier alpha value is -2.28. The molecule has 0 bridgehead atoms. The van der Waals surface area contributed by atoms with Crippen LogP contribution < -0.4 is 16.2 Å². The predicted molar refractivity (Wildman–Crippen MR) is 94.0 cm³/mol. The second-order valence-electron chi connectivity index (χ2n) is 5.65. The second kappa shape index (κ2) is 9.12. The number of carbonyl (C=O) groups is 2. The van der Waals surface area contributed by atoms with Gasteiger partial charge in [-0.3, -0.25) is 25.8 Å². The maximum Gasteiger partial charge on any atom is 0.250 e. The summed E-state index contributed by atoms with van der Waals surface area (Å²) in [5, 5.41) is 2.45. The van der Waals surface area contributed by atoms with E-state index < -0.39 is 5.91 Å². The first-order valence-electron chi connectivity index (χ1n) is 7.89. The zero-order valence-corrected chi connectivity index (χ0v) is 14.0. The van der Waals surface area contributed by atoms with E-state index in [1.807, 2.05) is 0 Å². The minimum absolute atomic E-state index is 0.00289. The van der Waals surface area contributed by atoms with Gasteiger partial charge in [-0.2, -0.15) is 0 Å². The quantitative estimate of drug-likeness (QED) is 0.445. The summed E-state index contributed by atoms with van der Waals surface area (Å²) in [7, 11) is 0. The van der Waals surface area contributed by atoms with E-state index in [1.54, 1.807) is 12.1 Å². The number of rotatable bonds is 3. The van der Waals surface area contributed by atoms with Crippen molar-refractivity contribution < 1.29 is 14.0 Å². The predicted octanol–water partition coefficient (Wildman–Crippen LogP) is 2.44. The van der Waals surface area contributed by atoms with Crippen LogP contribution in [0.1, 0.15) is 37.7 Å². The molecule has 0 spiro atoms. The van der Waals surface area contributed by atoms with E-state index in [2.05, 4.69) is 16.2 Å². The van der Waals surface area contributed by atoms with E-state index >= 15 is 0 Å². The molecule has 1 aliphatic carbocycles. The molecule has 0 radical (unpaired) electrons. The number of nitrogens with one attached hydrogen (secondary N) is 3. The highest BCUT2D eigenvalue weighted by molar-refractivity contribution is 7.80. The Morgan fingerprint density at radius 2 is 1.75 bits per heavy atom. The molecule has 5 nitrogen and oxygen atoms in total. The van der Waals surface area contributed by atoms with Crippen LogP contribution in [0.3, 0.4) is 0 Å². The number of hydrogen-bond donors (Lipinski definition) is 3. The van der Waals surface area contributed by atoms with Gasteiger partial charge in [0, 0.05) is 12.0 Å². The average molecular weight is 349 g/mol. The number of halogens is 1. The Bertz CT molecular complexity index is 625. The molecule has 1 saturated carbocycles. The van der Waals surface area contributed by atoms with Crippen LogP contribution in [0.25, 0.3) is 6.08 Å². The van der Waals surface area contributed by atoms with Crippen molar-refractivity contribution in [2.24, 2.45) is 5.92 Å². The van der Waals surface area contributed by atoms with Gasteiger partial charge in [0.05, 0.1) is 0 Å². The minimum atomic E-state index is -0.441. The standard InChI is InChI=1S/C17H20FN3O2S/c18-14-9-6-12(7-10-14)8-11-15(22)19-17(24)21-20-16(23)13-4-2-1-3-5-13/h6-11,13H,1-5H2,(H,20,23)(H2,19,21,22,24). The molecular weight excluding hydrogens is 329 g/mol. The van der Waals surface area contributed by atoms with Crippen LogP contribution in [0.5, 0.6) is 0 Å². The molecule has 1 fully saturated rings. The van der Waals surface area contributed by atoms with Crippen molar-refractivity contribution in [2.45, 2.75) is 32.1 Å². The third-order valence-electron chi connectivity index (χ3n) is 3.81. The number of hydrazine groups is 1. The van der Waals surface area contributed by atoms with E-state index in [4.69, 9.17) is 12.2 Å². The Kier molecular flexibility index (Phi) is 6.87. The van der Waals surface area contributed by atoms with E-state index in [0.29, 0.717) is 5.56 Å². The summed E-state index contributed by atoms with van der Waals surface area (Å²) in [4.78, 5) is 23.7. The van der Waals surface area contributed by atoms with Gasteiger partial charge in [0.15, 0.2) is 5.11 Å². The number of hydrogen-bond acceptors (Lipinski definition) is 3. The smallest absolute Gasteiger partial charge is 0.250 e. The zero-order chi connectivity index (χ0) is 17.4. The van der Waals surface area contributed by atoms with Gasteiger partial charge in [-0.1, -0.05) is 31.4 Å². The molecule has 1 aliphatic rings. The Morgan fingerprint density at radius 3 is 2.42 bits per heavy atom. The number of carbonyl (C=O) groups excluding carboxylic acids is 2. The van der Waals surface area contributed by atoms with Crippen molar-refractivity contribution in [2.75, 3.05) is 0 Å². The molecule has 7 heteroatoms. The molecule has 24 heavy (non-hydrogen) atoms. The third kappa shape index (κ3) is 6.08. The molecule has 1 aromatic rings. The largest absolute Gasteiger partial charge is 0.298 e. The number of benzene rings is 1. The van der Waals surface area contributed by atoms with Crippen molar-refractivity contribution in [3.05, 3.63) is 41.7 Å². The summed E-state index contributed by atoms with van der Waals surface area (Å²) in [5.74, 6) is -0.879. The SMILES string of the molecule is O=C(C=Cc1ccc(F)cc1)NC(=S)NNC(=O)C1CCCCC1. The lowest BCUT2D eigenvalue weighted by molar-refractivity contribution is -0.126. The van der Waals surface area contributed by atoms with Crippen LogP contribution in [-0.4, -0.2) is 16.9 Å². The van der Waals surface area contributed by atoms with Gasteiger partial charge in [0.2, 0.25) is 11.8 Å². The number of amides is 2. The molecular formula is C17H20FN3O2S. The van der Waals surface area contributed by atoms with Gasteiger partial charge in [0.1, 0.15) is 5.82 Å². The molecule has 2 rings (SSSR count). The summed E-state index contributed by atoms with van der Waals surface area (Å²) in [6, 6.07) is 5.73. The van der Waals surface area contributed by atoms with Gasteiger partial charge in [-0.25, -0.2) is 4.39 Å². The summed E-state index contributed by atoms with van der Waals surface area (Å²) in [6.07, 6.45) is 7.88. The third-order valence-corrected chi connectivity index (χ3v) is 4.01. The average Bonchev–Trinajstić information content (AvgIpc) is 2.60. The fourth-order valence-electron chi connectivity index (χ4n) is 2.52. The maximum absolute atomic E-state index is 12.8. The van der Waals surface area contributed by atoms with Gasteiger partial charge < -0.3 is 0 Å². The molecule has 3 N–H and O–H groups in total. The van der Waals surface area contributed by atoms with Crippen LogP contribution in [-0.2, 0) is 9.59 Å². The van der Waals surface area contributed by atoms with Crippen molar-refractivity contribution in [1.29, 1.82) is 0 Å². The Balaban J connectivity index is 1.72. The molecule has 0 saturated heterocycles.